The fraction of sp³-hybridized carbons (Fsp3) is 0.125. The van der Waals surface area contributed by atoms with Gasteiger partial charge >= 0.3 is 0 Å². The van der Waals surface area contributed by atoms with Gasteiger partial charge in [0.25, 0.3) is 0 Å². The van der Waals surface area contributed by atoms with Crippen molar-refractivity contribution in [3.05, 3.63) is 23.5 Å². The zero-order valence-electron chi connectivity index (χ0n) is 6.97. The third-order valence-electron chi connectivity index (χ3n) is 1.57. The molecule has 0 spiro atoms. The highest BCUT2D eigenvalue weighted by Crippen LogP contribution is 2.17. The number of carbonyl (C=O) groups excluding carboxylic acids is 1. The number of pyridine rings is 1. The molecule has 0 aromatic carbocycles. The summed E-state index contributed by atoms with van der Waals surface area (Å²) in [4.78, 5) is 14.8. The summed E-state index contributed by atoms with van der Waals surface area (Å²) in [7, 11) is 0. The van der Waals surface area contributed by atoms with Gasteiger partial charge in [-0.3, -0.25) is 15.2 Å². The first kappa shape index (κ1) is 9.67. The van der Waals surface area contributed by atoms with Crippen LogP contribution in [0.3, 0.4) is 0 Å². The molecule has 0 unspecified atom stereocenters. The van der Waals surface area contributed by atoms with Gasteiger partial charge in [0.2, 0.25) is 0 Å². The van der Waals surface area contributed by atoms with E-state index in [4.69, 9.17) is 22.7 Å². The predicted molar refractivity (Wildman–Crippen MR) is 51.3 cm³/mol. The summed E-state index contributed by atoms with van der Waals surface area (Å²) in [6.45, 7) is 1.37. The van der Waals surface area contributed by atoms with Crippen molar-refractivity contribution < 1.29 is 4.79 Å². The van der Waals surface area contributed by atoms with Gasteiger partial charge in [-0.1, -0.05) is 11.6 Å². The lowest BCUT2D eigenvalue weighted by Gasteiger charge is -2.05. The van der Waals surface area contributed by atoms with Gasteiger partial charge in [0.15, 0.2) is 5.78 Å². The Labute approximate surface area is 80.2 Å². The Morgan fingerprint density at radius 1 is 1.62 bits per heavy atom. The predicted octanol–water partition coefficient (Wildman–Crippen LogP) is 1.43. The van der Waals surface area contributed by atoms with Crippen LogP contribution >= 0.6 is 11.6 Å². The van der Waals surface area contributed by atoms with Crippen molar-refractivity contribution in [1.29, 1.82) is 5.41 Å². The smallest absolute Gasteiger partial charge is 0.162 e. The molecule has 0 aliphatic carbocycles. The maximum Gasteiger partial charge on any atom is 0.162 e. The normalized spacial score (nSPS) is 9.69. The Morgan fingerprint density at radius 2 is 2.23 bits per heavy atom. The van der Waals surface area contributed by atoms with E-state index in [0.29, 0.717) is 0 Å². The van der Waals surface area contributed by atoms with Gasteiger partial charge in [-0.15, -0.1) is 0 Å². The quantitative estimate of drug-likeness (QED) is 0.556. The molecule has 0 saturated carbocycles. The van der Waals surface area contributed by atoms with E-state index in [9.17, 15) is 4.79 Å². The van der Waals surface area contributed by atoms with Gasteiger partial charge in [0.1, 0.15) is 5.17 Å². The number of nitrogens with one attached hydrogen (secondary N) is 1. The van der Waals surface area contributed by atoms with Gasteiger partial charge in [-0.25, -0.2) is 0 Å². The molecule has 0 radical (unpaired) electrons. The first-order valence-electron chi connectivity index (χ1n) is 3.53. The molecule has 0 bridgehead atoms. The maximum atomic E-state index is 11.1. The Kier molecular flexibility index (Phi) is 2.63. The van der Waals surface area contributed by atoms with Gasteiger partial charge in [0.05, 0.1) is 11.9 Å². The average Bonchev–Trinajstić information content (AvgIpc) is 2.02. The summed E-state index contributed by atoms with van der Waals surface area (Å²) in [5.41, 5.74) is 6.29. The Hall–Kier alpha value is -1.42. The molecule has 0 aliphatic heterocycles. The van der Waals surface area contributed by atoms with E-state index in [1.807, 2.05) is 0 Å². The molecule has 1 aromatic heterocycles. The van der Waals surface area contributed by atoms with Gasteiger partial charge < -0.3 is 5.73 Å². The fourth-order valence-electron chi connectivity index (χ4n) is 0.989. The molecule has 0 saturated heterocycles. The van der Waals surface area contributed by atoms with Crippen LogP contribution in [0.5, 0.6) is 0 Å². The molecule has 1 heterocycles. The summed E-state index contributed by atoms with van der Waals surface area (Å²) in [5, 5.41) is 6.97. The van der Waals surface area contributed by atoms with E-state index in [0.717, 1.165) is 0 Å². The molecule has 0 atom stereocenters. The monoisotopic (exact) mass is 197 g/mol. The molecule has 0 fully saturated rings. The summed E-state index contributed by atoms with van der Waals surface area (Å²) < 4.78 is 0. The van der Waals surface area contributed by atoms with Crippen LogP contribution in [-0.2, 0) is 0 Å². The minimum absolute atomic E-state index is 0.208. The second kappa shape index (κ2) is 3.53. The summed E-state index contributed by atoms with van der Waals surface area (Å²) in [6, 6.07) is 0. The molecular formula is C8H8ClN3O. The van der Waals surface area contributed by atoms with Crippen LogP contribution in [0.2, 0.25) is 0 Å². The molecule has 13 heavy (non-hydrogen) atoms. The number of hydrogen-bond acceptors (Lipinski definition) is 4. The highest BCUT2D eigenvalue weighted by molar-refractivity contribution is 6.69. The number of halogens is 1. The van der Waals surface area contributed by atoms with Crippen molar-refractivity contribution in [2.45, 2.75) is 6.92 Å². The second-order valence-electron chi connectivity index (χ2n) is 2.52. The van der Waals surface area contributed by atoms with Crippen molar-refractivity contribution in [1.82, 2.24) is 4.98 Å². The maximum absolute atomic E-state index is 11.1. The highest BCUT2D eigenvalue weighted by atomic mass is 35.5. The second-order valence-corrected chi connectivity index (χ2v) is 2.90. The van der Waals surface area contributed by atoms with Crippen molar-refractivity contribution in [3.8, 4) is 0 Å². The Balaban J connectivity index is 3.43. The first-order valence-corrected chi connectivity index (χ1v) is 3.90. The standard InChI is InChI=1S/C8H8ClN3O/c1-4(13)5-2-12-3-6(10)7(5)8(9)11/h2-3,11H,10H2,1H3. The molecule has 68 valence electrons. The van der Waals surface area contributed by atoms with Crippen molar-refractivity contribution >= 4 is 28.2 Å². The van der Waals surface area contributed by atoms with Crippen LogP contribution in [0, 0.1) is 5.41 Å². The van der Waals surface area contributed by atoms with E-state index < -0.39 is 0 Å². The topological polar surface area (TPSA) is 79.8 Å². The number of aromatic nitrogens is 1. The minimum atomic E-state index is -0.245. The lowest BCUT2D eigenvalue weighted by atomic mass is 10.1. The number of carbonyl (C=O) groups is 1. The third-order valence-corrected chi connectivity index (χ3v) is 1.76. The third kappa shape index (κ3) is 1.84. The average molecular weight is 198 g/mol. The van der Waals surface area contributed by atoms with Crippen LogP contribution in [0.1, 0.15) is 22.8 Å². The van der Waals surface area contributed by atoms with Gasteiger partial charge in [0, 0.05) is 17.3 Å². The van der Waals surface area contributed by atoms with Gasteiger partial charge in [-0.05, 0) is 6.92 Å². The SMILES string of the molecule is CC(=O)c1cncc(N)c1C(=N)Cl. The molecule has 0 amide bonds. The van der Waals surface area contributed by atoms with Crippen LogP contribution in [0.15, 0.2) is 12.4 Å². The van der Waals surface area contributed by atoms with Crippen molar-refractivity contribution in [2.24, 2.45) is 0 Å². The summed E-state index contributed by atoms with van der Waals surface area (Å²) in [6.07, 6.45) is 2.71. The lowest BCUT2D eigenvalue weighted by molar-refractivity contribution is 0.101. The summed E-state index contributed by atoms with van der Waals surface area (Å²) in [5.74, 6) is -0.208. The Bertz CT molecular complexity index is 376. The fourth-order valence-corrected chi connectivity index (χ4v) is 1.20. The largest absolute Gasteiger partial charge is 0.397 e. The number of nitrogens with two attached hydrogens (primary N) is 1. The minimum Gasteiger partial charge on any atom is -0.397 e. The molecule has 0 aliphatic rings. The van der Waals surface area contributed by atoms with E-state index in [1.165, 1.54) is 19.3 Å². The highest BCUT2D eigenvalue weighted by Gasteiger charge is 2.13. The number of Topliss-reactive ketones (excluding diaryl/α,β-unsaturated/α-hetero) is 1. The number of rotatable bonds is 2. The van der Waals surface area contributed by atoms with Crippen LogP contribution in [0.25, 0.3) is 0 Å². The molecule has 1 aromatic rings. The summed E-state index contributed by atoms with van der Waals surface area (Å²) >= 11 is 5.48. The van der Waals surface area contributed by atoms with E-state index >= 15 is 0 Å². The zero-order chi connectivity index (χ0) is 10.0. The molecule has 4 nitrogen and oxygen atoms in total. The van der Waals surface area contributed by atoms with E-state index in [2.05, 4.69) is 4.98 Å². The number of ketones is 1. The number of anilines is 1. The van der Waals surface area contributed by atoms with E-state index in [1.54, 1.807) is 0 Å². The molecular weight excluding hydrogens is 190 g/mol. The lowest BCUT2D eigenvalue weighted by Crippen LogP contribution is -2.07. The van der Waals surface area contributed by atoms with Crippen molar-refractivity contribution in [3.63, 3.8) is 0 Å². The molecule has 5 heteroatoms. The molecule has 3 N–H and O–H groups in total. The number of hydrogen-bond donors (Lipinski definition) is 2. The first-order chi connectivity index (χ1) is 6.04. The van der Waals surface area contributed by atoms with Crippen molar-refractivity contribution in [2.75, 3.05) is 5.73 Å². The van der Waals surface area contributed by atoms with Crippen LogP contribution < -0.4 is 5.73 Å². The Morgan fingerprint density at radius 3 is 2.62 bits per heavy atom. The number of nitrogens with zero attached hydrogens (tertiary/aromatic N) is 1. The van der Waals surface area contributed by atoms with Crippen LogP contribution in [0.4, 0.5) is 5.69 Å². The molecule has 1 rings (SSSR count). The van der Waals surface area contributed by atoms with Crippen LogP contribution in [-0.4, -0.2) is 15.9 Å². The van der Waals surface area contributed by atoms with E-state index in [-0.39, 0.29) is 27.8 Å². The zero-order valence-corrected chi connectivity index (χ0v) is 7.72. The van der Waals surface area contributed by atoms with Gasteiger partial charge in [-0.2, -0.15) is 0 Å². The number of nitrogen functional groups attached to an aromatic ring is 1.